The molecule has 1 atom stereocenters. The SMILES string of the molecule is O=CCCCCCOc1cc(NC2CCN(S(=O)C(F)(F)F)CC2)c2cc(C(c3ccc(Cl)cc3)c3ccc(Cl)cc3)ccc2n1. The summed E-state index contributed by atoms with van der Waals surface area (Å²) < 4.78 is 58.1. The van der Waals surface area contributed by atoms with E-state index in [4.69, 9.17) is 32.9 Å². The summed E-state index contributed by atoms with van der Waals surface area (Å²) in [7, 11) is -3.03. The zero-order chi connectivity index (χ0) is 32.7. The standard InChI is InChI=1S/C34H34Cl2F3N3O3S/c35-26-10-5-23(6-11-26)33(24-7-12-27(36)13-8-24)25-9-14-30-29(21-25)31(22-32(41-30)45-20-4-2-1-3-19-43)40-28-15-17-42(18-16-28)46(44)34(37,38)39/h5-14,19,21-22,28,33H,1-4,15-18,20H2,(H,40,41). The first kappa shape index (κ1) is 34.2. The van der Waals surface area contributed by atoms with E-state index in [0.717, 1.165) is 57.6 Å². The molecule has 1 saturated heterocycles. The summed E-state index contributed by atoms with van der Waals surface area (Å²) in [4.78, 5) is 15.4. The molecule has 1 unspecified atom stereocenters. The number of carbonyl (C=O) groups is 1. The second-order valence-electron chi connectivity index (χ2n) is 11.2. The van der Waals surface area contributed by atoms with E-state index >= 15 is 0 Å². The van der Waals surface area contributed by atoms with Crippen molar-refractivity contribution in [2.24, 2.45) is 0 Å². The number of hydrogen-bond acceptors (Lipinski definition) is 5. The predicted molar refractivity (Wildman–Crippen MR) is 178 cm³/mol. The molecule has 12 heteroatoms. The lowest BCUT2D eigenvalue weighted by molar-refractivity contribution is -0.107. The summed E-state index contributed by atoms with van der Waals surface area (Å²) in [5.74, 6) is 0.287. The van der Waals surface area contributed by atoms with Gasteiger partial charge in [-0.1, -0.05) is 53.5 Å². The van der Waals surface area contributed by atoms with Crippen molar-refractivity contribution >= 4 is 57.1 Å². The van der Waals surface area contributed by atoms with Gasteiger partial charge in [0.25, 0.3) is 0 Å². The lowest BCUT2D eigenvalue weighted by Gasteiger charge is -2.32. The minimum atomic E-state index is -4.78. The fourth-order valence-electron chi connectivity index (χ4n) is 5.70. The van der Waals surface area contributed by atoms with Gasteiger partial charge in [0.15, 0.2) is 0 Å². The van der Waals surface area contributed by atoms with Crippen LogP contribution in [-0.4, -0.2) is 51.0 Å². The second kappa shape index (κ2) is 15.6. The van der Waals surface area contributed by atoms with Crippen LogP contribution in [0.3, 0.4) is 0 Å². The number of nitrogens with one attached hydrogen (secondary N) is 1. The Bertz CT molecular complexity index is 1600. The van der Waals surface area contributed by atoms with Crippen LogP contribution in [0.25, 0.3) is 10.9 Å². The molecule has 0 saturated carbocycles. The Morgan fingerprint density at radius 3 is 2.11 bits per heavy atom. The zero-order valence-electron chi connectivity index (χ0n) is 24.9. The largest absolute Gasteiger partial charge is 0.485 e. The predicted octanol–water partition coefficient (Wildman–Crippen LogP) is 8.92. The number of unbranched alkanes of at least 4 members (excludes halogenated alkanes) is 3. The molecule has 3 aromatic carbocycles. The van der Waals surface area contributed by atoms with Crippen LogP contribution in [0.1, 0.15) is 61.1 Å². The Kier molecular flexibility index (Phi) is 11.6. The topological polar surface area (TPSA) is 71.5 Å². The Morgan fingerprint density at radius 2 is 1.52 bits per heavy atom. The molecule has 244 valence electrons. The summed E-state index contributed by atoms with van der Waals surface area (Å²) >= 11 is 12.4. The van der Waals surface area contributed by atoms with Crippen molar-refractivity contribution in [3.63, 3.8) is 0 Å². The van der Waals surface area contributed by atoms with E-state index in [1.165, 1.54) is 0 Å². The quantitative estimate of drug-likeness (QED) is 0.0861. The van der Waals surface area contributed by atoms with Gasteiger partial charge in [0.2, 0.25) is 16.9 Å². The van der Waals surface area contributed by atoms with E-state index in [2.05, 4.69) is 11.4 Å². The van der Waals surface area contributed by atoms with E-state index in [9.17, 15) is 22.2 Å². The Morgan fingerprint density at radius 1 is 0.913 bits per heavy atom. The molecule has 1 fully saturated rings. The molecule has 5 rings (SSSR count). The van der Waals surface area contributed by atoms with Gasteiger partial charge < -0.3 is 14.8 Å². The van der Waals surface area contributed by atoms with Crippen LogP contribution in [0.4, 0.5) is 18.9 Å². The molecule has 0 aliphatic carbocycles. The van der Waals surface area contributed by atoms with Gasteiger partial charge in [-0.3, -0.25) is 0 Å². The molecule has 4 aromatic rings. The van der Waals surface area contributed by atoms with Crippen molar-refractivity contribution in [3.05, 3.63) is 99.5 Å². The molecule has 1 aliphatic heterocycles. The monoisotopic (exact) mass is 691 g/mol. The highest BCUT2D eigenvalue weighted by Crippen LogP contribution is 2.37. The number of hydrogen-bond donors (Lipinski definition) is 1. The van der Waals surface area contributed by atoms with Crippen LogP contribution in [0.15, 0.2) is 72.8 Å². The number of anilines is 1. The van der Waals surface area contributed by atoms with Gasteiger partial charge >= 0.3 is 5.51 Å². The van der Waals surface area contributed by atoms with Crippen molar-refractivity contribution in [2.75, 3.05) is 25.0 Å². The molecular formula is C34H34Cl2F3N3O3S. The highest BCUT2D eigenvalue weighted by Gasteiger charge is 2.42. The molecule has 6 nitrogen and oxygen atoms in total. The summed E-state index contributed by atoms with van der Waals surface area (Å²) in [5.41, 5.74) is -0.250. The smallest absolute Gasteiger partial charge is 0.478 e. The van der Waals surface area contributed by atoms with Crippen LogP contribution in [-0.2, 0) is 15.8 Å². The van der Waals surface area contributed by atoms with Crippen molar-refractivity contribution in [2.45, 2.75) is 56.0 Å². The van der Waals surface area contributed by atoms with E-state index in [1.807, 2.05) is 66.7 Å². The molecule has 1 N–H and O–H groups in total. The van der Waals surface area contributed by atoms with Crippen molar-refractivity contribution in [1.29, 1.82) is 0 Å². The van der Waals surface area contributed by atoms with Crippen molar-refractivity contribution < 1.29 is 26.9 Å². The molecule has 0 spiro atoms. The fourth-order valence-corrected chi connectivity index (χ4v) is 6.78. The fraction of sp³-hybridized carbons (Fsp3) is 0.353. The number of carbonyl (C=O) groups excluding carboxylic acids is 1. The van der Waals surface area contributed by atoms with Crippen LogP contribution in [0.2, 0.25) is 10.0 Å². The summed E-state index contributed by atoms with van der Waals surface area (Å²) in [6.07, 6.45) is 4.63. The number of alkyl halides is 3. The van der Waals surface area contributed by atoms with Gasteiger partial charge in [-0.05, 0) is 85.2 Å². The maximum atomic E-state index is 13.1. The third-order valence-corrected chi connectivity index (χ3v) is 9.75. The summed E-state index contributed by atoms with van der Waals surface area (Å²) in [5, 5.41) is 5.65. The van der Waals surface area contributed by atoms with Crippen molar-refractivity contribution in [3.8, 4) is 5.88 Å². The number of rotatable bonds is 13. The highest BCUT2D eigenvalue weighted by molar-refractivity contribution is 7.83. The third kappa shape index (κ3) is 8.79. The number of aromatic nitrogens is 1. The molecule has 0 radical (unpaired) electrons. The third-order valence-electron chi connectivity index (χ3n) is 8.01. The minimum absolute atomic E-state index is 0.0530. The zero-order valence-corrected chi connectivity index (χ0v) is 27.3. The van der Waals surface area contributed by atoms with Gasteiger partial charge in [0.05, 0.1) is 12.1 Å². The first-order chi connectivity index (χ1) is 22.1. The summed E-state index contributed by atoms with van der Waals surface area (Å²) in [6.45, 7) is 0.542. The Labute approximate surface area is 278 Å². The number of ether oxygens (including phenoxy) is 1. The van der Waals surface area contributed by atoms with Gasteiger partial charge in [0.1, 0.15) is 6.29 Å². The van der Waals surface area contributed by atoms with Crippen LogP contribution >= 0.6 is 23.2 Å². The van der Waals surface area contributed by atoms with Crippen LogP contribution in [0.5, 0.6) is 5.88 Å². The first-order valence-electron chi connectivity index (χ1n) is 15.1. The number of piperidine rings is 1. The van der Waals surface area contributed by atoms with E-state index in [1.54, 1.807) is 0 Å². The lowest BCUT2D eigenvalue weighted by Crippen LogP contribution is -2.43. The molecule has 1 aromatic heterocycles. The van der Waals surface area contributed by atoms with Crippen LogP contribution < -0.4 is 10.1 Å². The van der Waals surface area contributed by atoms with Gasteiger partial charge in [0, 0.05) is 58.7 Å². The lowest BCUT2D eigenvalue weighted by atomic mass is 9.84. The van der Waals surface area contributed by atoms with Gasteiger partial charge in [-0.2, -0.15) is 13.2 Å². The Balaban J connectivity index is 1.47. The number of nitrogens with zero attached hydrogens (tertiary/aromatic N) is 2. The molecule has 1 aliphatic rings. The highest BCUT2D eigenvalue weighted by atomic mass is 35.5. The van der Waals surface area contributed by atoms with Crippen LogP contribution in [0, 0.1) is 0 Å². The second-order valence-corrected chi connectivity index (χ2v) is 13.6. The number of pyridine rings is 1. The average molecular weight is 693 g/mol. The summed E-state index contributed by atoms with van der Waals surface area (Å²) in [6, 6.07) is 23.1. The first-order valence-corrected chi connectivity index (χ1v) is 17.0. The van der Waals surface area contributed by atoms with Gasteiger partial charge in [-0.25, -0.2) is 13.5 Å². The molecule has 46 heavy (non-hydrogen) atoms. The average Bonchev–Trinajstić information content (AvgIpc) is 3.04. The minimum Gasteiger partial charge on any atom is -0.478 e. The van der Waals surface area contributed by atoms with E-state index < -0.39 is 16.5 Å². The Hall–Kier alpha value is -3.18. The number of aldehydes is 1. The van der Waals surface area contributed by atoms with E-state index in [0.29, 0.717) is 47.3 Å². The number of halogens is 5. The normalized spacial score (nSPS) is 15.3. The van der Waals surface area contributed by atoms with Gasteiger partial charge in [-0.15, -0.1) is 0 Å². The van der Waals surface area contributed by atoms with Crippen molar-refractivity contribution in [1.82, 2.24) is 9.29 Å². The van der Waals surface area contributed by atoms with E-state index in [-0.39, 0.29) is 25.0 Å². The number of fused-ring (bicyclic) bond motifs is 1. The molecule has 2 heterocycles. The maximum Gasteiger partial charge on any atom is 0.485 e. The number of benzene rings is 3. The molecule has 0 bridgehead atoms. The molecular weight excluding hydrogens is 658 g/mol. The molecule has 0 amide bonds. The maximum absolute atomic E-state index is 13.1.